The van der Waals surface area contributed by atoms with Crippen molar-refractivity contribution in [3.63, 3.8) is 0 Å². The van der Waals surface area contributed by atoms with Crippen molar-refractivity contribution in [2.75, 3.05) is 44.3 Å². The number of anilines is 1. The van der Waals surface area contributed by atoms with Crippen molar-refractivity contribution in [1.82, 2.24) is 24.6 Å². The van der Waals surface area contributed by atoms with Gasteiger partial charge in [0.15, 0.2) is 6.10 Å². The number of carbonyl (C=O) groups is 1. The van der Waals surface area contributed by atoms with Crippen LogP contribution < -0.4 is 4.90 Å². The van der Waals surface area contributed by atoms with Gasteiger partial charge in [-0.1, -0.05) is 0 Å². The van der Waals surface area contributed by atoms with Crippen LogP contribution >= 0.6 is 0 Å². The molecule has 2 saturated heterocycles. The zero-order chi connectivity index (χ0) is 20.7. The standard InChI is InChI=1S/C20H21N7O3/c1-25-10-13(9-23-25)18-15(8-21)17-16(2-3-22-19(17)24-18)26-4-6-27(7-5-26)20(28)30-14-11-29-12-14/h2-3,9-10,14H,4-7,11-12H2,1H3,(H,22,24). The number of nitrogens with zero attached hydrogens (tertiary/aromatic N) is 6. The second-order valence-electron chi connectivity index (χ2n) is 7.46. The molecule has 0 spiro atoms. The van der Waals surface area contributed by atoms with E-state index in [2.05, 4.69) is 26.0 Å². The molecular formula is C20H21N7O3. The van der Waals surface area contributed by atoms with E-state index in [-0.39, 0.29) is 12.2 Å². The van der Waals surface area contributed by atoms with Gasteiger partial charge in [-0.3, -0.25) is 4.68 Å². The normalized spacial score (nSPS) is 17.1. The van der Waals surface area contributed by atoms with Crippen LogP contribution in [0.25, 0.3) is 22.3 Å². The van der Waals surface area contributed by atoms with E-state index in [0.29, 0.717) is 56.3 Å². The molecule has 2 aliphatic rings. The molecule has 5 heterocycles. The molecule has 10 nitrogen and oxygen atoms in total. The van der Waals surface area contributed by atoms with Gasteiger partial charge in [-0.25, -0.2) is 9.78 Å². The molecule has 0 aromatic carbocycles. The Labute approximate surface area is 172 Å². The lowest BCUT2D eigenvalue weighted by atomic mass is 10.1. The fraction of sp³-hybridized carbons (Fsp3) is 0.400. The summed E-state index contributed by atoms with van der Waals surface area (Å²) >= 11 is 0. The molecular weight excluding hydrogens is 386 g/mol. The van der Waals surface area contributed by atoms with Gasteiger partial charge in [0.2, 0.25) is 0 Å². The molecule has 0 bridgehead atoms. The third kappa shape index (κ3) is 3.13. The Morgan fingerprint density at radius 1 is 1.33 bits per heavy atom. The molecule has 2 fully saturated rings. The molecule has 0 saturated carbocycles. The zero-order valence-corrected chi connectivity index (χ0v) is 16.5. The Balaban J connectivity index is 1.40. The first kappa shape index (κ1) is 18.4. The summed E-state index contributed by atoms with van der Waals surface area (Å²) in [4.78, 5) is 23.9. The zero-order valence-electron chi connectivity index (χ0n) is 16.5. The molecule has 0 unspecified atom stereocenters. The van der Waals surface area contributed by atoms with Gasteiger partial charge in [-0.2, -0.15) is 10.4 Å². The highest BCUT2D eigenvalue weighted by molar-refractivity contribution is 6.00. The summed E-state index contributed by atoms with van der Waals surface area (Å²) < 4.78 is 12.2. The van der Waals surface area contributed by atoms with E-state index in [0.717, 1.165) is 16.6 Å². The second-order valence-corrected chi connectivity index (χ2v) is 7.46. The van der Waals surface area contributed by atoms with E-state index in [1.54, 1.807) is 22.0 Å². The monoisotopic (exact) mass is 407 g/mol. The number of aromatic amines is 1. The number of carbonyl (C=O) groups excluding carboxylic acids is 1. The minimum atomic E-state index is -0.291. The van der Waals surface area contributed by atoms with Crippen molar-refractivity contribution in [2.45, 2.75) is 6.10 Å². The van der Waals surface area contributed by atoms with Crippen molar-refractivity contribution < 1.29 is 14.3 Å². The Bertz CT molecular complexity index is 1130. The first-order valence-electron chi connectivity index (χ1n) is 9.82. The second kappa shape index (κ2) is 7.35. The molecule has 3 aromatic rings. The molecule has 1 N–H and O–H groups in total. The number of pyridine rings is 1. The van der Waals surface area contributed by atoms with Gasteiger partial charge in [0.1, 0.15) is 11.7 Å². The summed E-state index contributed by atoms with van der Waals surface area (Å²) in [6, 6.07) is 4.26. The van der Waals surface area contributed by atoms with Gasteiger partial charge >= 0.3 is 6.09 Å². The lowest BCUT2D eigenvalue weighted by Gasteiger charge is -2.37. The van der Waals surface area contributed by atoms with Crippen molar-refractivity contribution in [2.24, 2.45) is 7.05 Å². The van der Waals surface area contributed by atoms with E-state index in [4.69, 9.17) is 9.47 Å². The quantitative estimate of drug-likeness (QED) is 0.700. The average molecular weight is 407 g/mol. The fourth-order valence-electron chi connectivity index (χ4n) is 3.87. The molecule has 2 aliphatic heterocycles. The summed E-state index contributed by atoms with van der Waals surface area (Å²) in [6.45, 7) is 3.35. The highest BCUT2D eigenvalue weighted by Crippen LogP contribution is 2.35. The van der Waals surface area contributed by atoms with Crippen LogP contribution in [0.15, 0.2) is 24.7 Å². The van der Waals surface area contributed by atoms with Crippen molar-refractivity contribution in [3.8, 4) is 17.3 Å². The topological polar surface area (TPSA) is 112 Å². The summed E-state index contributed by atoms with van der Waals surface area (Å²) in [6.07, 6.45) is 4.91. The number of hydrogen-bond donors (Lipinski definition) is 1. The maximum atomic E-state index is 12.3. The fourth-order valence-corrected chi connectivity index (χ4v) is 3.87. The number of nitrogens with one attached hydrogen (secondary N) is 1. The van der Waals surface area contributed by atoms with Crippen LogP contribution in [0.1, 0.15) is 5.56 Å². The van der Waals surface area contributed by atoms with Crippen molar-refractivity contribution in [3.05, 3.63) is 30.2 Å². The highest BCUT2D eigenvalue weighted by atomic mass is 16.6. The molecule has 10 heteroatoms. The molecule has 0 aliphatic carbocycles. The van der Waals surface area contributed by atoms with Crippen molar-refractivity contribution >= 4 is 22.8 Å². The lowest BCUT2D eigenvalue weighted by Crippen LogP contribution is -2.51. The van der Waals surface area contributed by atoms with Gasteiger partial charge in [-0.15, -0.1) is 0 Å². The number of H-pyrrole nitrogens is 1. The van der Waals surface area contributed by atoms with E-state index in [1.807, 2.05) is 19.3 Å². The van der Waals surface area contributed by atoms with E-state index in [9.17, 15) is 10.1 Å². The van der Waals surface area contributed by atoms with Gasteiger partial charge in [-0.05, 0) is 6.07 Å². The van der Waals surface area contributed by atoms with E-state index >= 15 is 0 Å². The van der Waals surface area contributed by atoms with Crippen LogP contribution in [0, 0.1) is 11.3 Å². The number of ether oxygens (including phenoxy) is 2. The molecule has 5 rings (SSSR count). The number of fused-ring (bicyclic) bond motifs is 1. The maximum Gasteiger partial charge on any atom is 0.410 e. The largest absolute Gasteiger partial charge is 0.441 e. The van der Waals surface area contributed by atoms with E-state index < -0.39 is 0 Å². The van der Waals surface area contributed by atoms with Crippen molar-refractivity contribution in [1.29, 1.82) is 5.26 Å². The third-order valence-corrected chi connectivity index (χ3v) is 5.53. The average Bonchev–Trinajstić information content (AvgIpc) is 3.33. The van der Waals surface area contributed by atoms with Crippen LogP contribution in [0.5, 0.6) is 0 Å². The minimum Gasteiger partial charge on any atom is -0.441 e. The van der Waals surface area contributed by atoms with Crippen LogP contribution in [0.2, 0.25) is 0 Å². The smallest absolute Gasteiger partial charge is 0.410 e. The summed E-state index contributed by atoms with van der Waals surface area (Å²) in [5.41, 5.74) is 3.70. The van der Waals surface area contributed by atoms with E-state index in [1.165, 1.54) is 0 Å². The first-order valence-corrected chi connectivity index (χ1v) is 9.82. The first-order chi connectivity index (χ1) is 14.6. The Morgan fingerprint density at radius 2 is 2.13 bits per heavy atom. The number of nitriles is 1. The Hall–Kier alpha value is -3.58. The van der Waals surface area contributed by atoms with Gasteiger partial charge < -0.3 is 24.3 Å². The molecule has 0 radical (unpaired) electrons. The molecule has 154 valence electrons. The SMILES string of the molecule is Cn1cc(-c2[nH]c3nccc(N4CCN(C(=O)OC5COC5)CC4)c3c2C#N)cn1. The number of aryl methyl sites for hydroxylation is 1. The number of piperazine rings is 1. The molecule has 0 atom stereocenters. The maximum absolute atomic E-state index is 12.3. The Morgan fingerprint density at radius 3 is 2.77 bits per heavy atom. The minimum absolute atomic E-state index is 0.126. The number of rotatable bonds is 3. The molecule has 3 aromatic heterocycles. The summed E-state index contributed by atoms with van der Waals surface area (Å²) in [7, 11) is 1.84. The number of amides is 1. The molecule has 30 heavy (non-hydrogen) atoms. The van der Waals surface area contributed by atoms with Gasteiger partial charge in [0, 0.05) is 51.2 Å². The summed E-state index contributed by atoms with van der Waals surface area (Å²) in [5.74, 6) is 0. The van der Waals surface area contributed by atoms with Gasteiger partial charge in [0.05, 0.1) is 41.7 Å². The number of aromatic nitrogens is 4. The predicted octanol–water partition coefficient (Wildman–Crippen LogP) is 1.49. The molecule has 1 amide bonds. The van der Waals surface area contributed by atoms with Crippen LogP contribution in [-0.2, 0) is 16.5 Å². The van der Waals surface area contributed by atoms with Gasteiger partial charge in [0.25, 0.3) is 0 Å². The summed E-state index contributed by atoms with van der Waals surface area (Å²) in [5, 5.41) is 14.9. The predicted molar refractivity (Wildman–Crippen MR) is 108 cm³/mol. The highest BCUT2D eigenvalue weighted by Gasteiger charge is 2.29. The third-order valence-electron chi connectivity index (χ3n) is 5.53. The van der Waals surface area contributed by atoms with Crippen LogP contribution in [0.4, 0.5) is 10.5 Å². The number of hydrogen-bond acceptors (Lipinski definition) is 7. The van der Waals surface area contributed by atoms with Crippen LogP contribution in [0.3, 0.4) is 0 Å². The Kier molecular flexibility index (Phi) is 4.52. The van der Waals surface area contributed by atoms with Crippen LogP contribution in [-0.4, -0.2) is 76.2 Å². The lowest BCUT2D eigenvalue weighted by molar-refractivity contribution is -0.104.